The highest BCUT2D eigenvalue weighted by Gasteiger charge is 2.12. The molecule has 0 aromatic heterocycles. The average molecular weight is 303 g/mol. The molecule has 0 spiro atoms. The van der Waals surface area contributed by atoms with Gasteiger partial charge in [0.2, 0.25) is 0 Å². The van der Waals surface area contributed by atoms with E-state index in [9.17, 15) is 4.79 Å². The van der Waals surface area contributed by atoms with Gasteiger partial charge in [0.1, 0.15) is 0 Å². The third kappa shape index (κ3) is 2.77. The molecule has 0 fully saturated rings. The first-order valence-corrected chi connectivity index (χ1v) is 7.93. The Hall–Kier alpha value is -1.25. The van der Waals surface area contributed by atoms with Crippen molar-refractivity contribution >= 4 is 29.1 Å². The molecule has 3 heteroatoms. The fraction of sp³-hybridized carbons (Fsp3) is 0.235. The van der Waals surface area contributed by atoms with Crippen molar-refractivity contribution in [1.82, 2.24) is 0 Å². The lowest BCUT2D eigenvalue weighted by Gasteiger charge is -2.07. The van der Waals surface area contributed by atoms with Gasteiger partial charge in [0, 0.05) is 15.4 Å². The van der Waals surface area contributed by atoms with Crippen LogP contribution in [0.15, 0.2) is 46.2 Å². The molecule has 1 nitrogen and oxygen atoms in total. The van der Waals surface area contributed by atoms with Crippen LogP contribution in [0, 0.1) is 0 Å². The normalized spacial score (nSPS) is 13.3. The summed E-state index contributed by atoms with van der Waals surface area (Å²) in [6.45, 7) is 1.54. The first-order chi connectivity index (χ1) is 9.63. The van der Waals surface area contributed by atoms with E-state index in [1.807, 2.05) is 12.1 Å². The minimum atomic E-state index is 0.00378. The summed E-state index contributed by atoms with van der Waals surface area (Å²) in [5.74, 6) is 0.00378. The Morgan fingerprint density at radius 1 is 1.05 bits per heavy atom. The standard InChI is InChI=1S/C17H15ClOS/c1-11(19)16-8-7-15(10-17(16)18)20-14-6-5-12-3-2-4-13(12)9-14/h5-10H,2-4H2,1H3. The van der Waals surface area contributed by atoms with Crippen LogP contribution in [0.1, 0.15) is 34.8 Å². The summed E-state index contributed by atoms with van der Waals surface area (Å²) in [4.78, 5) is 13.7. The van der Waals surface area contributed by atoms with Gasteiger partial charge in [0.05, 0.1) is 5.02 Å². The van der Waals surface area contributed by atoms with Gasteiger partial charge in [-0.2, -0.15) is 0 Å². The van der Waals surface area contributed by atoms with E-state index in [-0.39, 0.29) is 5.78 Å². The summed E-state index contributed by atoms with van der Waals surface area (Å²) in [5.41, 5.74) is 3.55. The average Bonchev–Trinajstić information content (AvgIpc) is 2.85. The van der Waals surface area contributed by atoms with Crippen molar-refractivity contribution in [3.63, 3.8) is 0 Å². The van der Waals surface area contributed by atoms with Crippen molar-refractivity contribution in [3.8, 4) is 0 Å². The number of carbonyl (C=O) groups is 1. The van der Waals surface area contributed by atoms with E-state index >= 15 is 0 Å². The van der Waals surface area contributed by atoms with E-state index in [4.69, 9.17) is 11.6 Å². The van der Waals surface area contributed by atoms with Gasteiger partial charge in [-0.25, -0.2) is 0 Å². The van der Waals surface area contributed by atoms with E-state index < -0.39 is 0 Å². The van der Waals surface area contributed by atoms with E-state index in [0.29, 0.717) is 10.6 Å². The monoisotopic (exact) mass is 302 g/mol. The largest absolute Gasteiger partial charge is 0.294 e. The number of halogens is 1. The molecule has 0 saturated heterocycles. The van der Waals surface area contributed by atoms with E-state index in [1.54, 1.807) is 17.8 Å². The molecule has 0 saturated carbocycles. The van der Waals surface area contributed by atoms with Crippen molar-refractivity contribution in [2.45, 2.75) is 36.0 Å². The number of fused-ring (bicyclic) bond motifs is 1. The zero-order valence-corrected chi connectivity index (χ0v) is 12.9. The predicted molar refractivity (Wildman–Crippen MR) is 84.0 cm³/mol. The summed E-state index contributed by atoms with van der Waals surface area (Å²) in [6, 6.07) is 12.3. The number of ketones is 1. The van der Waals surface area contributed by atoms with Gasteiger partial charge >= 0.3 is 0 Å². The second-order valence-corrected chi connectivity index (χ2v) is 6.64. The molecule has 2 aromatic rings. The smallest absolute Gasteiger partial charge is 0.161 e. The van der Waals surface area contributed by atoms with Crippen LogP contribution in [-0.2, 0) is 12.8 Å². The van der Waals surface area contributed by atoms with Gasteiger partial charge < -0.3 is 0 Å². The summed E-state index contributed by atoms with van der Waals surface area (Å²) in [7, 11) is 0. The van der Waals surface area contributed by atoms with Gasteiger partial charge in [-0.15, -0.1) is 0 Å². The zero-order chi connectivity index (χ0) is 14.1. The van der Waals surface area contributed by atoms with E-state index in [2.05, 4.69) is 18.2 Å². The Labute approximate surface area is 128 Å². The van der Waals surface area contributed by atoms with Gasteiger partial charge in [-0.1, -0.05) is 29.4 Å². The Kier molecular flexibility index (Phi) is 3.86. The Bertz CT molecular complexity index is 679. The van der Waals surface area contributed by atoms with Crippen molar-refractivity contribution in [1.29, 1.82) is 0 Å². The molecular weight excluding hydrogens is 288 g/mol. The lowest BCUT2D eigenvalue weighted by molar-refractivity contribution is 0.101. The second kappa shape index (κ2) is 5.63. The molecular formula is C17H15ClOS. The molecule has 1 aliphatic rings. The molecule has 0 N–H and O–H groups in total. The quantitative estimate of drug-likeness (QED) is 0.726. The van der Waals surface area contributed by atoms with Crippen LogP contribution in [0.25, 0.3) is 0 Å². The van der Waals surface area contributed by atoms with Crippen molar-refractivity contribution in [3.05, 3.63) is 58.1 Å². The van der Waals surface area contributed by atoms with E-state index in [0.717, 1.165) is 4.90 Å². The van der Waals surface area contributed by atoms with Gasteiger partial charge in [-0.05, 0) is 67.6 Å². The molecule has 0 amide bonds. The predicted octanol–water partition coefficient (Wildman–Crippen LogP) is 5.18. The zero-order valence-electron chi connectivity index (χ0n) is 11.3. The number of benzene rings is 2. The van der Waals surface area contributed by atoms with Crippen molar-refractivity contribution in [2.75, 3.05) is 0 Å². The Balaban J connectivity index is 1.84. The third-order valence-electron chi connectivity index (χ3n) is 3.63. The molecule has 3 rings (SSSR count). The van der Waals surface area contributed by atoms with Gasteiger partial charge in [0.15, 0.2) is 5.78 Å². The molecule has 0 aliphatic heterocycles. The Morgan fingerprint density at radius 2 is 1.75 bits per heavy atom. The maximum Gasteiger partial charge on any atom is 0.161 e. The van der Waals surface area contributed by atoms with Crippen molar-refractivity contribution < 1.29 is 4.79 Å². The first-order valence-electron chi connectivity index (χ1n) is 6.73. The van der Waals surface area contributed by atoms with Gasteiger partial charge in [-0.3, -0.25) is 4.79 Å². The van der Waals surface area contributed by atoms with E-state index in [1.165, 1.54) is 42.2 Å². The van der Waals surface area contributed by atoms with Gasteiger partial charge in [0.25, 0.3) is 0 Å². The number of aryl methyl sites for hydroxylation is 2. The number of rotatable bonds is 3. The third-order valence-corrected chi connectivity index (χ3v) is 4.92. The van der Waals surface area contributed by atoms with Crippen LogP contribution in [0.5, 0.6) is 0 Å². The SMILES string of the molecule is CC(=O)c1ccc(Sc2ccc3c(c2)CCC3)cc1Cl. The maximum absolute atomic E-state index is 11.4. The number of hydrogen-bond acceptors (Lipinski definition) is 2. The summed E-state index contributed by atoms with van der Waals surface area (Å²) < 4.78 is 0. The molecule has 0 unspecified atom stereocenters. The summed E-state index contributed by atoms with van der Waals surface area (Å²) in [6.07, 6.45) is 3.66. The maximum atomic E-state index is 11.4. The highest BCUT2D eigenvalue weighted by Crippen LogP contribution is 2.33. The van der Waals surface area contributed by atoms with Crippen molar-refractivity contribution in [2.24, 2.45) is 0 Å². The minimum absolute atomic E-state index is 0.00378. The molecule has 0 radical (unpaired) electrons. The van der Waals surface area contributed by atoms with Crippen LogP contribution in [0.3, 0.4) is 0 Å². The lowest BCUT2D eigenvalue weighted by Crippen LogP contribution is -1.92. The van der Waals surface area contributed by atoms with Crippen LogP contribution >= 0.6 is 23.4 Å². The topological polar surface area (TPSA) is 17.1 Å². The number of carbonyl (C=O) groups excluding carboxylic acids is 1. The van der Waals surface area contributed by atoms with Crippen LogP contribution in [0.4, 0.5) is 0 Å². The highest BCUT2D eigenvalue weighted by molar-refractivity contribution is 7.99. The lowest BCUT2D eigenvalue weighted by atomic mass is 10.1. The Morgan fingerprint density at radius 3 is 2.50 bits per heavy atom. The second-order valence-electron chi connectivity index (χ2n) is 5.08. The highest BCUT2D eigenvalue weighted by atomic mass is 35.5. The molecule has 2 aromatic carbocycles. The fourth-order valence-corrected chi connectivity index (χ4v) is 3.89. The molecule has 0 bridgehead atoms. The number of hydrogen-bond donors (Lipinski definition) is 0. The molecule has 102 valence electrons. The fourth-order valence-electron chi connectivity index (χ4n) is 2.59. The molecule has 20 heavy (non-hydrogen) atoms. The summed E-state index contributed by atoms with van der Waals surface area (Å²) >= 11 is 7.84. The first kappa shape index (κ1) is 13.7. The van der Waals surface area contributed by atoms with Crippen LogP contribution in [-0.4, -0.2) is 5.78 Å². The molecule has 0 heterocycles. The number of Topliss-reactive ketones (excluding diaryl/α,β-unsaturated/α-hetero) is 1. The molecule has 0 atom stereocenters. The molecule has 1 aliphatic carbocycles. The van der Waals surface area contributed by atoms with Crippen LogP contribution in [0.2, 0.25) is 5.02 Å². The minimum Gasteiger partial charge on any atom is -0.294 e. The van der Waals surface area contributed by atoms with Crippen LogP contribution < -0.4 is 0 Å². The summed E-state index contributed by atoms with van der Waals surface area (Å²) in [5, 5.41) is 0.531.